The molecule has 0 radical (unpaired) electrons. The highest BCUT2D eigenvalue weighted by molar-refractivity contribution is 5.95. The molecule has 2 amide bonds. The molecule has 0 aliphatic carbocycles. The maximum Gasteiger partial charge on any atom is 0.228 e. The van der Waals surface area contributed by atoms with Crippen LogP contribution in [0.3, 0.4) is 0 Å². The van der Waals surface area contributed by atoms with Crippen molar-refractivity contribution >= 4 is 11.8 Å². The highest BCUT2D eigenvalue weighted by Crippen LogP contribution is 2.17. The van der Waals surface area contributed by atoms with E-state index in [0.29, 0.717) is 26.1 Å². The largest absolute Gasteiger partial charge is 0.377 e. The highest BCUT2D eigenvalue weighted by Gasteiger charge is 2.36. The van der Waals surface area contributed by atoms with Crippen LogP contribution in [0.25, 0.3) is 0 Å². The predicted octanol–water partition coefficient (Wildman–Crippen LogP) is 0.688. The molecule has 1 heterocycles. The molecule has 1 aliphatic rings. The van der Waals surface area contributed by atoms with Gasteiger partial charge in [-0.15, -0.1) is 0 Å². The summed E-state index contributed by atoms with van der Waals surface area (Å²) in [6.07, 6.45) is 1.04. The fourth-order valence-electron chi connectivity index (χ4n) is 2.06. The summed E-state index contributed by atoms with van der Waals surface area (Å²) >= 11 is 0. The minimum absolute atomic E-state index is 0.128. The normalized spacial score (nSPS) is 16.3. The summed E-state index contributed by atoms with van der Waals surface area (Å²) in [5.74, 6) is -0.593. The van der Waals surface area contributed by atoms with Crippen molar-refractivity contribution in [1.29, 1.82) is 0 Å². The molecular weight excluding hydrogens is 256 g/mol. The van der Waals surface area contributed by atoms with Crippen LogP contribution in [0.15, 0.2) is 24.3 Å². The zero-order valence-corrected chi connectivity index (χ0v) is 11.6. The molecule has 108 valence electrons. The Morgan fingerprint density at radius 1 is 1.25 bits per heavy atom. The average molecular weight is 276 g/mol. The van der Waals surface area contributed by atoms with Crippen LogP contribution in [0, 0.1) is 6.92 Å². The topological polar surface area (TPSA) is 81.4 Å². The van der Waals surface area contributed by atoms with Gasteiger partial charge in [-0.05, 0) is 18.9 Å². The number of hydrogen-bond acceptors (Lipinski definition) is 4. The molecule has 1 aliphatic heterocycles. The summed E-state index contributed by atoms with van der Waals surface area (Å²) in [5.41, 5.74) is 7.53. The zero-order chi connectivity index (χ0) is 14.6. The van der Waals surface area contributed by atoms with Crippen LogP contribution in [-0.2, 0) is 20.7 Å². The molecule has 1 aromatic rings. The molecule has 0 bridgehead atoms. The van der Waals surface area contributed by atoms with Gasteiger partial charge in [-0.2, -0.15) is 0 Å². The van der Waals surface area contributed by atoms with Crippen LogP contribution < -0.4 is 11.1 Å². The van der Waals surface area contributed by atoms with Crippen molar-refractivity contribution < 1.29 is 14.3 Å². The maximum atomic E-state index is 11.7. The van der Waals surface area contributed by atoms with Crippen molar-refractivity contribution in [2.24, 2.45) is 5.73 Å². The van der Waals surface area contributed by atoms with E-state index >= 15 is 0 Å². The second-order valence-corrected chi connectivity index (χ2v) is 5.49. The molecule has 1 aromatic carbocycles. The van der Waals surface area contributed by atoms with Gasteiger partial charge in [0, 0.05) is 12.8 Å². The third-order valence-electron chi connectivity index (χ3n) is 3.33. The van der Waals surface area contributed by atoms with Crippen LogP contribution in [0.4, 0.5) is 0 Å². The number of rotatable bonds is 5. The van der Waals surface area contributed by atoms with Gasteiger partial charge in [0.2, 0.25) is 11.8 Å². The molecule has 0 spiro atoms. The second kappa shape index (κ2) is 6.15. The van der Waals surface area contributed by atoms with Crippen LogP contribution in [0.1, 0.15) is 24.0 Å². The molecule has 5 nitrogen and oxygen atoms in total. The fraction of sp³-hybridized carbons (Fsp3) is 0.467. The van der Waals surface area contributed by atoms with Crippen LogP contribution >= 0.6 is 0 Å². The lowest BCUT2D eigenvalue weighted by Gasteiger charge is -2.36. The number of carbonyl (C=O) groups excluding carboxylic acids is 2. The molecule has 0 saturated carbocycles. The Morgan fingerprint density at radius 3 is 2.45 bits per heavy atom. The van der Waals surface area contributed by atoms with E-state index in [0.717, 1.165) is 5.56 Å². The van der Waals surface area contributed by atoms with Crippen LogP contribution in [0.2, 0.25) is 0 Å². The molecule has 0 atom stereocenters. The van der Waals surface area contributed by atoms with Gasteiger partial charge in [-0.1, -0.05) is 29.8 Å². The van der Waals surface area contributed by atoms with E-state index in [1.807, 2.05) is 31.2 Å². The first kappa shape index (κ1) is 14.7. The first-order valence-corrected chi connectivity index (χ1v) is 6.72. The minimum Gasteiger partial charge on any atom is -0.377 e. The Balaban J connectivity index is 1.72. The first-order chi connectivity index (χ1) is 9.47. The maximum absolute atomic E-state index is 11.7. The van der Waals surface area contributed by atoms with E-state index in [9.17, 15) is 9.59 Å². The fourth-order valence-corrected chi connectivity index (χ4v) is 2.06. The number of amides is 2. The average Bonchev–Trinajstić information content (AvgIpc) is 2.36. The van der Waals surface area contributed by atoms with Gasteiger partial charge in [-0.25, -0.2) is 0 Å². The third kappa shape index (κ3) is 4.15. The monoisotopic (exact) mass is 276 g/mol. The smallest absolute Gasteiger partial charge is 0.228 e. The Labute approximate surface area is 118 Å². The van der Waals surface area contributed by atoms with Gasteiger partial charge in [-0.3, -0.25) is 14.9 Å². The highest BCUT2D eigenvalue weighted by atomic mass is 16.5. The Morgan fingerprint density at radius 2 is 1.90 bits per heavy atom. The van der Waals surface area contributed by atoms with Crippen molar-refractivity contribution in [2.45, 2.75) is 31.7 Å². The van der Waals surface area contributed by atoms with Gasteiger partial charge in [0.1, 0.15) is 0 Å². The van der Waals surface area contributed by atoms with Crippen molar-refractivity contribution in [1.82, 2.24) is 5.32 Å². The lowest BCUT2D eigenvalue weighted by atomic mass is 9.94. The SMILES string of the molecule is Cc1ccc(CCC(=O)NC(=O)CC2(N)COC2)cc1. The number of hydrogen-bond donors (Lipinski definition) is 2. The summed E-state index contributed by atoms with van der Waals surface area (Å²) in [7, 11) is 0. The lowest BCUT2D eigenvalue weighted by molar-refractivity contribution is -0.134. The predicted molar refractivity (Wildman–Crippen MR) is 75.0 cm³/mol. The van der Waals surface area contributed by atoms with Gasteiger partial charge < -0.3 is 10.5 Å². The van der Waals surface area contributed by atoms with E-state index in [-0.39, 0.29) is 18.2 Å². The second-order valence-electron chi connectivity index (χ2n) is 5.49. The Hall–Kier alpha value is -1.72. The standard InChI is InChI=1S/C15H20N2O3/c1-11-2-4-12(5-3-11)6-7-13(18)17-14(19)8-15(16)9-20-10-15/h2-5H,6-10,16H2,1H3,(H,17,18,19). The molecule has 3 N–H and O–H groups in total. The number of nitrogens with two attached hydrogens (primary N) is 1. The quantitative estimate of drug-likeness (QED) is 0.829. The lowest BCUT2D eigenvalue weighted by Crippen LogP contribution is -2.59. The van der Waals surface area contributed by atoms with E-state index in [1.54, 1.807) is 0 Å². The summed E-state index contributed by atoms with van der Waals surface area (Å²) < 4.78 is 4.97. The molecule has 0 aromatic heterocycles. The Kier molecular flexibility index (Phi) is 4.52. The number of imide groups is 1. The molecule has 2 rings (SSSR count). The van der Waals surface area contributed by atoms with E-state index in [4.69, 9.17) is 10.5 Å². The number of carbonyl (C=O) groups is 2. The number of nitrogens with one attached hydrogen (secondary N) is 1. The summed E-state index contributed by atoms with van der Waals surface area (Å²) in [6, 6.07) is 8.00. The van der Waals surface area contributed by atoms with Crippen molar-refractivity contribution in [3.05, 3.63) is 35.4 Å². The summed E-state index contributed by atoms with van der Waals surface area (Å²) in [6.45, 7) is 2.76. The molecule has 1 fully saturated rings. The van der Waals surface area contributed by atoms with Gasteiger partial charge >= 0.3 is 0 Å². The summed E-state index contributed by atoms with van der Waals surface area (Å²) in [4.78, 5) is 23.3. The van der Waals surface area contributed by atoms with Gasteiger partial charge in [0.05, 0.1) is 18.8 Å². The van der Waals surface area contributed by atoms with Crippen LogP contribution in [-0.4, -0.2) is 30.6 Å². The van der Waals surface area contributed by atoms with E-state index in [1.165, 1.54) is 5.56 Å². The Bertz CT molecular complexity index is 492. The molecular formula is C15H20N2O3. The van der Waals surface area contributed by atoms with Gasteiger partial charge in [0.15, 0.2) is 0 Å². The first-order valence-electron chi connectivity index (χ1n) is 6.72. The number of ether oxygens (including phenoxy) is 1. The van der Waals surface area contributed by atoms with Gasteiger partial charge in [0.25, 0.3) is 0 Å². The molecule has 1 saturated heterocycles. The van der Waals surface area contributed by atoms with Crippen molar-refractivity contribution in [3.63, 3.8) is 0 Å². The number of benzene rings is 1. The van der Waals surface area contributed by atoms with E-state index < -0.39 is 5.54 Å². The van der Waals surface area contributed by atoms with Crippen LogP contribution in [0.5, 0.6) is 0 Å². The van der Waals surface area contributed by atoms with Crippen molar-refractivity contribution in [3.8, 4) is 0 Å². The molecule has 5 heteroatoms. The third-order valence-corrected chi connectivity index (χ3v) is 3.33. The van der Waals surface area contributed by atoms with Crippen molar-refractivity contribution in [2.75, 3.05) is 13.2 Å². The van der Waals surface area contributed by atoms with E-state index in [2.05, 4.69) is 5.32 Å². The molecule has 0 unspecified atom stereocenters. The summed E-state index contributed by atoms with van der Waals surface area (Å²) in [5, 5.41) is 2.37. The zero-order valence-electron chi connectivity index (χ0n) is 11.6. The number of aryl methyl sites for hydroxylation is 2. The minimum atomic E-state index is -0.596. The molecule has 20 heavy (non-hydrogen) atoms.